The van der Waals surface area contributed by atoms with Crippen molar-refractivity contribution in [1.82, 2.24) is 4.57 Å². The van der Waals surface area contributed by atoms with Crippen molar-refractivity contribution in [3.8, 4) is 0 Å². The van der Waals surface area contributed by atoms with Gasteiger partial charge >= 0.3 is 5.95 Å². The van der Waals surface area contributed by atoms with Gasteiger partial charge in [-0.3, -0.25) is 0 Å². The molecule has 0 saturated heterocycles. The molecule has 0 fully saturated rings. The normalized spacial score (nSPS) is 12.1. The Bertz CT molecular complexity index is 915. The highest BCUT2D eigenvalue weighted by atomic mass is 32.2. The number of rotatable bonds is 8. The van der Waals surface area contributed by atoms with E-state index in [-0.39, 0.29) is 5.75 Å². The minimum absolute atomic E-state index is 0.328. The molecule has 148 valence electrons. The summed E-state index contributed by atoms with van der Waals surface area (Å²) in [5.41, 5.74) is 3.94. The van der Waals surface area contributed by atoms with Crippen LogP contribution in [0, 0.1) is 13.8 Å². The van der Waals surface area contributed by atoms with Gasteiger partial charge in [-0.1, -0.05) is 5.11 Å². The lowest BCUT2D eigenvalue weighted by atomic mass is 10.3. The summed E-state index contributed by atoms with van der Waals surface area (Å²) in [6.45, 7) is 4.57. The predicted octanol–water partition coefficient (Wildman–Crippen LogP) is 2.74. The molecular formula is C18H27N5O3S. The molecular weight excluding hydrogens is 366 g/mol. The Labute approximate surface area is 160 Å². The third-order valence-electron chi connectivity index (χ3n) is 4.62. The van der Waals surface area contributed by atoms with Crippen LogP contribution in [0.15, 0.2) is 34.5 Å². The van der Waals surface area contributed by atoms with Gasteiger partial charge in [-0.05, 0) is 51.0 Å². The number of hydrogen-bond acceptors (Lipinski definition) is 6. The molecule has 1 aromatic heterocycles. The molecule has 2 rings (SSSR count). The Morgan fingerprint density at radius 1 is 1.11 bits per heavy atom. The number of aromatic nitrogens is 2. The largest absolute Gasteiger partial charge is 0.748 e. The van der Waals surface area contributed by atoms with Crippen molar-refractivity contribution in [3.05, 3.63) is 35.7 Å². The summed E-state index contributed by atoms with van der Waals surface area (Å²) in [5.74, 6) is 0.347. The van der Waals surface area contributed by atoms with Gasteiger partial charge in [-0.15, -0.1) is 0 Å². The molecule has 9 heteroatoms. The van der Waals surface area contributed by atoms with E-state index in [1.54, 1.807) is 0 Å². The number of unbranched alkanes of at least 4 members (excludes halogenated alkanes) is 1. The van der Waals surface area contributed by atoms with Gasteiger partial charge < -0.3 is 9.45 Å². The Balaban J connectivity index is 2.19. The molecule has 1 aromatic carbocycles. The third kappa shape index (κ3) is 5.61. The van der Waals surface area contributed by atoms with Crippen molar-refractivity contribution in [2.75, 3.05) is 24.7 Å². The van der Waals surface area contributed by atoms with E-state index in [1.165, 1.54) is 0 Å². The summed E-state index contributed by atoms with van der Waals surface area (Å²) in [7, 11) is 1.71. The number of nitrogens with zero attached hydrogens (tertiary/aromatic N) is 5. The van der Waals surface area contributed by atoms with Crippen molar-refractivity contribution in [2.45, 2.75) is 33.2 Å². The summed E-state index contributed by atoms with van der Waals surface area (Å²) < 4.78 is 36.2. The average molecular weight is 394 g/mol. The smallest absolute Gasteiger partial charge is 0.421 e. The van der Waals surface area contributed by atoms with Gasteiger partial charge in [0.05, 0.1) is 23.7 Å². The van der Waals surface area contributed by atoms with Crippen molar-refractivity contribution in [3.63, 3.8) is 0 Å². The second-order valence-electron chi connectivity index (χ2n) is 6.76. The molecule has 0 spiro atoms. The van der Waals surface area contributed by atoms with E-state index in [1.807, 2.05) is 73.3 Å². The molecule has 0 atom stereocenters. The molecule has 0 amide bonds. The van der Waals surface area contributed by atoms with E-state index in [9.17, 15) is 13.0 Å². The molecule has 1 heterocycles. The van der Waals surface area contributed by atoms with Crippen LogP contribution in [0.1, 0.15) is 24.2 Å². The van der Waals surface area contributed by atoms with E-state index in [4.69, 9.17) is 0 Å². The lowest BCUT2D eigenvalue weighted by molar-refractivity contribution is -0.664. The molecule has 27 heavy (non-hydrogen) atoms. The topological polar surface area (TPSA) is 94.0 Å². The van der Waals surface area contributed by atoms with E-state index < -0.39 is 10.1 Å². The standard InChI is InChI=1S/C18H27N5O3S/c1-14-15(2)23(12-6-7-13-27(24,25)26)18(22(14)5)20-19-16-8-10-17(11-9-16)21(3)4/h8-11H,6-7,12-13H2,1-5H3. The highest BCUT2D eigenvalue weighted by molar-refractivity contribution is 7.85. The number of anilines is 1. The fourth-order valence-corrected chi connectivity index (χ4v) is 3.33. The lowest BCUT2D eigenvalue weighted by Gasteiger charge is -2.11. The minimum atomic E-state index is -4.17. The van der Waals surface area contributed by atoms with E-state index in [0.29, 0.717) is 25.3 Å². The van der Waals surface area contributed by atoms with Gasteiger partial charge in [-0.2, -0.15) is 0 Å². The molecule has 0 aliphatic heterocycles. The summed E-state index contributed by atoms with van der Waals surface area (Å²) in [6, 6.07) is 7.77. The zero-order valence-corrected chi connectivity index (χ0v) is 17.3. The minimum Gasteiger partial charge on any atom is -0.748 e. The predicted molar refractivity (Wildman–Crippen MR) is 104 cm³/mol. The molecule has 2 aromatic rings. The maximum absolute atomic E-state index is 10.8. The number of azo groups is 1. The maximum atomic E-state index is 10.8. The Hall–Kier alpha value is -2.26. The SMILES string of the molecule is Cc1c(C)[n+](C)c(N=Nc2ccc(N(C)C)cc2)n1CCCCS(=O)(=O)[O-]. The van der Waals surface area contributed by atoms with Crippen LogP contribution in [0.4, 0.5) is 17.3 Å². The first-order chi connectivity index (χ1) is 12.6. The highest BCUT2D eigenvalue weighted by Gasteiger charge is 2.22. The van der Waals surface area contributed by atoms with Gasteiger partial charge in [0, 0.05) is 30.6 Å². The summed E-state index contributed by atoms with van der Waals surface area (Å²) in [5, 5.41) is 8.76. The molecule has 0 aliphatic rings. The van der Waals surface area contributed by atoms with Crippen molar-refractivity contribution in [1.29, 1.82) is 0 Å². The maximum Gasteiger partial charge on any atom is 0.421 e. The number of hydrogen-bond donors (Lipinski definition) is 0. The van der Waals surface area contributed by atoms with Crippen molar-refractivity contribution in [2.24, 2.45) is 17.3 Å². The van der Waals surface area contributed by atoms with E-state index >= 15 is 0 Å². The van der Waals surface area contributed by atoms with Gasteiger partial charge in [0.2, 0.25) is 0 Å². The van der Waals surface area contributed by atoms with Gasteiger partial charge in [-0.25, -0.2) is 17.6 Å². The first-order valence-electron chi connectivity index (χ1n) is 8.78. The van der Waals surface area contributed by atoms with Crippen LogP contribution >= 0.6 is 0 Å². The fourth-order valence-electron chi connectivity index (χ4n) is 2.78. The van der Waals surface area contributed by atoms with Crippen molar-refractivity contribution < 1.29 is 17.5 Å². The monoisotopic (exact) mass is 393 g/mol. The van der Waals surface area contributed by atoms with Crippen LogP contribution in [0.2, 0.25) is 0 Å². The zero-order valence-electron chi connectivity index (χ0n) is 16.5. The van der Waals surface area contributed by atoms with E-state index in [0.717, 1.165) is 22.8 Å². The Morgan fingerprint density at radius 2 is 1.74 bits per heavy atom. The Morgan fingerprint density at radius 3 is 2.30 bits per heavy atom. The van der Waals surface area contributed by atoms with Gasteiger partial charge in [0.15, 0.2) is 0 Å². The second kappa shape index (κ2) is 8.62. The lowest BCUT2D eigenvalue weighted by Crippen LogP contribution is -2.29. The summed E-state index contributed by atoms with van der Waals surface area (Å²) >= 11 is 0. The second-order valence-corrected chi connectivity index (χ2v) is 8.28. The molecule has 0 saturated carbocycles. The third-order valence-corrected chi connectivity index (χ3v) is 5.41. The van der Waals surface area contributed by atoms with Gasteiger partial charge in [0.1, 0.15) is 17.1 Å². The van der Waals surface area contributed by atoms with Crippen LogP contribution in [-0.2, 0) is 23.7 Å². The number of benzene rings is 1. The van der Waals surface area contributed by atoms with Gasteiger partial charge in [0.25, 0.3) is 0 Å². The fraction of sp³-hybridized carbons (Fsp3) is 0.500. The molecule has 0 N–H and O–H groups in total. The van der Waals surface area contributed by atoms with E-state index in [2.05, 4.69) is 10.2 Å². The number of imidazole rings is 1. The molecule has 0 radical (unpaired) electrons. The summed E-state index contributed by atoms with van der Waals surface area (Å²) in [6.07, 6.45) is 0.908. The molecule has 0 bridgehead atoms. The zero-order chi connectivity index (χ0) is 20.2. The van der Waals surface area contributed by atoms with Crippen LogP contribution < -0.4 is 9.47 Å². The van der Waals surface area contributed by atoms with Crippen LogP contribution in [0.5, 0.6) is 0 Å². The first-order valence-corrected chi connectivity index (χ1v) is 10.4. The molecule has 0 unspecified atom stereocenters. The summed E-state index contributed by atoms with van der Waals surface area (Å²) in [4.78, 5) is 2.01. The quantitative estimate of drug-likeness (QED) is 0.298. The molecule has 8 nitrogen and oxygen atoms in total. The van der Waals surface area contributed by atoms with Crippen molar-refractivity contribution >= 4 is 27.4 Å². The first kappa shape index (κ1) is 21.0. The molecule has 0 aliphatic carbocycles. The Kier molecular flexibility index (Phi) is 6.72. The van der Waals surface area contributed by atoms with Crippen LogP contribution in [-0.4, -0.2) is 37.4 Å². The van der Waals surface area contributed by atoms with Crippen LogP contribution in [0.3, 0.4) is 0 Å². The highest BCUT2D eigenvalue weighted by Crippen LogP contribution is 2.22. The van der Waals surface area contributed by atoms with Crippen LogP contribution in [0.25, 0.3) is 0 Å². The average Bonchev–Trinajstić information content (AvgIpc) is 2.80.